The lowest BCUT2D eigenvalue weighted by atomic mass is 10.1. The molecular weight excluding hydrogens is 220 g/mol. The Morgan fingerprint density at radius 3 is 2.41 bits per heavy atom. The molecule has 94 valence electrons. The number of methoxy groups -OCH3 is 2. The number of amides is 1. The highest BCUT2D eigenvalue weighted by atomic mass is 16.5. The molecule has 0 aliphatic heterocycles. The van der Waals surface area contributed by atoms with E-state index in [-0.39, 0.29) is 5.91 Å². The van der Waals surface area contributed by atoms with Crippen LogP contribution in [0, 0.1) is 0 Å². The quantitative estimate of drug-likeness (QED) is 0.772. The Bertz CT molecular complexity index is 391. The monoisotopic (exact) mass is 238 g/mol. The normalized spacial score (nSPS) is 10.2. The van der Waals surface area contributed by atoms with Gasteiger partial charge in [0.25, 0.3) is 0 Å². The van der Waals surface area contributed by atoms with Crippen molar-refractivity contribution >= 4 is 5.91 Å². The summed E-state index contributed by atoms with van der Waals surface area (Å²) in [6.07, 6.45) is 0.304. The number of hydrogen-bond acceptors (Lipinski definition) is 4. The fourth-order valence-electron chi connectivity index (χ4n) is 1.46. The molecule has 0 heterocycles. The smallest absolute Gasteiger partial charge is 0.238 e. The van der Waals surface area contributed by atoms with Crippen LogP contribution < -0.4 is 14.9 Å². The van der Waals surface area contributed by atoms with Crippen LogP contribution in [0.15, 0.2) is 18.2 Å². The van der Waals surface area contributed by atoms with Gasteiger partial charge in [-0.3, -0.25) is 10.2 Å². The summed E-state index contributed by atoms with van der Waals surface area (Å²) in [4.78, 5) is 11.6. The molecule has 1 amide bonds. The van der Waals surface area contributed by atoms with Crippen molar-refractivity contribution in [3.63, 3.8) is 0 Å². The molecule has 0 unspecified atom stereocenters. The van der Waals surface area contributed by atoms with Crippen LogP contribution in [0.5, 0.6) is 11.5 Å². The largest absolute Gasteiger partial charge is 0.493 e. The van der Waals surface area contributed by atoms with E-state index in [9.17, 15) is 4.79 Å². The molecule has 0 fully saturated rings. The first-order valence-electron chi connectivity index (χ1n) is 5.24. The van der Waals surface area contributed by atoms with E-state index in [1.807, 2.05) is 6.07 Å². The van der Waals surface area contributed by atoms with Crippen molar-refractivity contribution in [2.24, 2.45) is 0 Å². The molecule has 0 aliphatic carbocycles. The first kappa shape index (κ1) is 13.3. The van der Waals surface area contributed by atoms with E-state index in [1.54, 1.807) is 45.5 Å². The van der Waals surface area contributed by atoms with E-state index >= 15 is 0 Å². The molecule has 1 aromatic rings. The highest BCUT2D eigenvalue weighted by Gasteiger charge is 2.08. The number of hydrazine groups is 1. The second-order valence-corrected chi connectivity index (χ2v) is 3.80. The van der Waals surface area contributed by atoms with Crippen LogP contribution in [-0.4, -0.2) is 39.2 Å². The van der Waals surface area contributed by atoms with Crippen molar-refractivity contribution in [2.75, 3.05) is 28.3 Å². The summed E-state index contributed by atoms with van der Waals surface area (Å²) in [5.74, 6) is 1.22. The molecule has 0 atom stereocenters. The maximum atomic E-state index is 11.6. The molecule has 0 radical (unpaired) electrons. The van der Waals surface area contributed by atoms with Gasteiger partial charge in [-0.05, 0) is 17.7 Å². The highest BCUT2D eigenvalue weighted by Crippen LogP contribution is 2.27. The van der Waals surface area contributed by atoms with Crippen LogP contribution in [0.3, 0.4) is 0 Å². The number of ether oxygens (including phenoxy) is 2. The number of hydrogen-bond donors (Lipinski definition) is 1. The van der Waals surface area contributed by atoms with Gasteiger partial charge in [-0.1, -0.05) is 6.07 Å². The molecule has 0 aliphatic rings. The van der Waals surface area contributed by atoms with Crippen molar-refractivity contribution in [3.8, 4) is 11.5 Å². The third-order valence-electron chi connectivity index (χ3n) is 2.16. The minimum absolute atomic E-state index is 0.0674. The van der Waals surface area contributed by atoms with Crippen molar-refractivity contribution in [3.05, 3.63) is 23.8 Å². The Balaban J connectivity index is 2.75. The van der Waals surface area contributed by atoms with Gasteiger partial charge in [-0.2, -0.15) is 0 Å². The van der Waals surface area contributed by atoms with E-state index in [1.165, 1.54) is 0 Å². The Morgan fingerprint density at radius 1 is 1.24 bits per heavy atom. The number of benzene rings is 1. The predicted molar refractivity (Wildman–Crippen MR) is 65.1 cm³/mol. The zero-order chi connectivity index (χ0) is 12.8. The second kappa shape index (κ2) is 6.10. The summed E-state index contributed by atoms with van der Waals surface area (Å²) < 4.78 is 10.3. The molecule has 0 bridgehead atoms. The van der Waals surface area contributed by atoms with E-state index in [0.29, 0.717) is 17.9 Å². The zero-order valence-electron chi connectivity index (χ0n) is 10.6. The highest BCUT2D eigenvalue weighted by molar-refractivity contribution is 5.78. The van der Waals surface area contributed by atoms with Gasteiger partial charge < -0.3 is 9.47 Å². The standard InChI is InChI=1S/C12H18N2O3/c1-14(2)13-12(15)8-9-5-6-10(16-3)11(7-9)17-4/h5-7H,8H2,1-4H3,(H,13,15). The first-order valence-corrected chi connectivity index (χ1v) is 5.24. The molecule has 0 spiro atoms. The maximum Gasteiger partial charge on any atom is 0.238 e. The van der Waals surface area contributed by atoms with Crippen molar-refractivity contribution in [1.82, 2.24) is 10.4 Å². The number of nitrogens with one attached hydrogen (secondary N) is 1. The van der Waals surface area contributed by atoms with Gasteiger partial charge >= 0.3 is 0 Å². The maximum absolute atomic E-state index is 11.6. The summed E-state index contributed by atoms with van der Waals surface area (Å²) in [6, 6.07) is 5.43. The molecule has 1 aromatic carbocycles. The summed E-state index contributed by atoms with van der Waals surface area (Å²) in [6.45, 7) is 0. The number of rotatable bonds is 5. The molecule has 5 nitrogen and oxygen atoms in total. The van der Waals surface area contributed by atoms with Crippen LogP contribution in [-0.2, 0) is 11.2 Å². The number of carbonyl (C=O) groups excluding carboxylic acids is 1. The molecule has 0 aromatic heterocycles. The lowest BCUT2D eigenvalue weighted by Crippen LogP contribution is -2.37. The van der Waals surface area contributed by atoms with E-state index in [0.717, 1.165) is 5.56 Å². The van der Waals surface area contributed by atoms with E-state index < -0.39 is 0 Å². The van der Waals surface area contributed by atoms with E-state index in [4.69, 9.17) is 9.47 Å². The topological polar surface area (TPSA) is 50.8 Å². The molecule has 0 saturated carbocycles. The van der Waals surface area contributed by atoms with Gasteiger partial charge in [-0.25, -0.2) is 5.01 Å². The Kier molecular flexibility index (Phi) is 4.78. The number of carbonyl (C=O) groups is 1. The van der Waals surface area contributed by atoms with Gasteiger partial charge in [-0.15, -0.1) is 0 Å². The van der Waals surface area contributed by atoms with Gasteiger partial charge in [0.15, 0.2) is 11.5 Å². The molecule has 1 rings (SSSR count). The fourth-order valence-corrected chi connectivity index (χ4v) is 1.46. The molecule has 0 saturated heterocycles. The molecule has 5 heteroatoms. The molecule has 1 N–H and O–H groups in total. The van der Waals surface area contributed by atoms with Gasteiger partial charge in [0.1, 0.15) is 0 Å². The third-order valence-corrected chi connectivity index (χ3v) is 2.16. The van der Waals surface area contributed by atoms with Crippen molar-refractivity contribution < 1.29 is 14.3 Å². The predicted octanol–water partition coefficient (Wildman–Crippen LogP) is 0.839. The minimum Gasteiger partial charge on any atom is -0.493 e. The van der Waals surface area contributed by atoms with Crippen molar-refractivity contribution in [1.29, 1.82) is 0 Å². The third kappa shape index (κ3) is 3.96. The lowest BCUT2D eigenvalue weighted by Gasteiger charge is -2.13. The average molecular weight is 238 g/mol. The van der Waals surface area contributed by atoms with Gasteiger partial charge in [0.2, 0.25) is 5.91 Å². The Morgan fingerprint density at radius 2 is 1.88 bits per heavy atom. The van der Waals surface area contributed by atoms with Crippen LogP contribution in [0.1, 0.15) is 5.56 Å². The summed E-state index contributed by atoms with van der Waals surface area (Å²) >= 11 is 0. The summed E-state index contributed by atoms with van der Waals surface area (Å²) in [5, 5.41) is 1.61. The van der Waals surface area contributed by atoms with Crippen LogP contribution in [0.4, 0.5) is 0 Å². The average Bonchev–Trinajstić information content (AvgIpc) is 2.27. The Labute approximate surface area is 101 Å². The van der Waals surface area contributed by atoms with Crippen LogP contribution in [0.2, 0.25) is 0 Å². The van der Waals surface area contributed by atoms with Crippen molar-refractivity contribution in [2.45, 2.75) is 6.42 Å². The van der Waals surface area contributed by atoms with Crippen LogP contribution >= 0.6 is 0 Å². The lowest BCUT2D eigenvalue weighted by molar-refractivity contribution is -0.124. The van der Waals surface area contributed by atoms with Crippen LogP contribution in [0.25, 0.3) is 0 Å². The van der Waals surface area contributed by atoms with Gasteiger partial charge in [0.05, 0.1) is 20.6 Å². The number of nitrogens with zero attached hydrogens (tertiary/aromatic N) is 1. The second-order valence-electron chi connectivity index (χ2n) is 3.80. The van der Waals surface area contributed by atoms with Gasteiger partial charge in [0, 0.05) is 14.1 Å². The molecule has 17 heavy (non-hydrogen) atoms. The summed E-state index contributed by atoms with van der Waals surface area (Å²) in [5.41, 5.74) is 3.56. The van der Waals surface area contributed by atoms with E-state index in [2.05, 4.69) is 5.43 Å². The Hall–Kier alpha value is -1.75. The zero-order valence-corrected chi connectivity index (χ0v) is 10.6. The SMILES string of the molecule is COc1ccc(CC(=O)NN(C)C)cc1OC. The first-order chi connectivity index (χ1) is 8.06. The minimum atomic E-state index is -0.0674. The molecular formula is C12H18N2O3. The fraction of sp³-hybridized carbons (Fsp3) is 0.417. The summed E-state index contributed by atoms with van der Waals surface area (Å²) in [7, 11) is 6.69.